The number of carbonyl (C=O) groups is 6. The molecule has 6 N–H and O–H groups in total. The molecule has 0 saturated heterocycles. The Balaban J connectivity index is 4.73. The Morgan fingerprint density at radius 1 is 0.625 bits per heavy atom. The van der Waals surface area contributed by atoms with Crippen molar-refractivity contribution in [1.29, 1.82) is 0 Å². The van der Waals surface area contributed by atoms with Crippen LogP contribution in [-0.2, 0) is 38.2 Å². The normalized spacial score (nSPS) is 16.0. The van der Waals surface area contributed by atoms with Gasteiger partial charge in [0.05, 0.1) is 42.4 Å². The molecule has 0 aliphatic carbocycles. The molecule has 14 heteroatoms. The lowest BCUT2D eigenvalue weighted by atomic mass is 9.74. The van der Waals surface area contributed by atoms with Crippen molar-refractivity contribution in [3.8, 4) is 0 Å². The lowest BCUT2D eigenvalue weighted by molar-refractivity contribution is -0.151. The van der Waals surface area contributed by atoms with E-state index in [1.54, 1.807) is 20.8 Å². The van der Waals surface area contributed by atoms with Crippen molar-refractivity contribution in [3.63, 3.8) is 0 Å². The molecule has 0 aliphatic heterocycles. The van der Waals surface area contributed by atoms with Gasteiger partial charge < -0.3 is 41.0 Å². The largest absolute Gasteiger partial charge is 0.481 e. The van der Waals surface area contributed by atoms with Gasteiger partial charge in [0.25, 0.3) is 0 Å². The second-order valence-electron chi connectivity index (χ2n) is 18.9. The molecule has 1 amide bonds. The van der Waals surface area contributed by atoms with Crippen LogP contribution in [0.1, 0.15) is 148 Å². The van der Waals surface area contributed by atoms with Crippen molar-refractivity contribution in [2.24, 2.45) is 16.2 Å². The van der Waals surface area contributed by atoms with Crippen LogP contribution < -0.4 is 21.3 Å². The maximum atomic E-state index is 13.2. The Kier molecular flexibility index (Phi) is 21.8. The summed E-state index contributed by atoms with van der Waals surface area (Å²) in [6, 6.07) is -1.54. The first-order valence-corrected chi connectivity index (χ1v) is 20.3. The van der Waals surface area contributed by atoms with Crippen LogP contribution in [0.3, 0.4) is 0 Å². The standard InChI is InChI=1S/C42H78N4O10/c1-15-41(13,31(47)21-20-30(34(50)51)45-35(52)39(9,10)28-40(11,12)36(53)54)44-23-24-55-25-26-56-27-32(48)42(14,16-2)43-22-18-17-19-29(46-38(6,7)8)33(49)37(3,4)5/h29-30,43-44,46H,15-28H2,1-14H3,(H,45,52)(H,50,51)(H,53,54)/t29-,30+,41?,42?/m1/s1. The second kappa shape index (κ2) is 23.0. The minimum absolute atomic E-state index is 0.00584. The van der Waals surface area contributed by atoms with Crippen molar-refractivity contribution < 1.29 is 48.5 Å². The Morgan fingerprint density at radius 3 is 1.66 bits per heavy atom. The van der Waals surface area contributed by atoms with E-state index < -0.39 is 51.2 Å². The average molecular weight is 799 g/mol. The molecule has 0 fully saturated rings. The van der Waals surface area contributed by atoms with Gasteiger partial charge in [0.15, 0.2) is 17.3 Å². The number of ether oxygens (including phenoxy) is 2. The summed E-state index contributed by atoms with van der Waals surface area (Å²) in [4.78, 5) is 75.8. The molecule has 0 aromatic heterocycles. The number of carboxylic acid groups (broad SMARTS) is 2. The van der Waals surface area contributed by atoms with Gasteiger partial charge in [-0.3, -0.25) is 24.0 Å². The SMILES string of the molecule is CCC(C)(NCCOCCOCC(=O)C(C)(CC)NCCCC[C@@H](NC(C)(C)C)C(=O)C(C)(C)C)C(=O)CC[C@H](NC(=O)C(C)(C)CC(C)(C)C(=O)O)C(=O)O. The summed E-state index contributed by atoms with van der Waals surface area (Å²) in [6.07, 6.45) is 3.20. The predicted molar refractivity (Wildman–Crippen MR) is 219 cm³/mol. The van der Waals surface area contributed by atoms with Crippen LogP contribution >= 0.6 is 0 Å². The summed E-state index contributed by atoms with van der Waals surface area (Å²) in [5, 5.41) is 31.8. The minimum Gasteiger partial charge on any atom is -0.481 e. The van der Waals surface area contributed by atoms with E-state index in [9.17, 15) is 39.0 Å². The molecule has 56 heavy (non-hydrogen) atoms. The summed E-state index contributed by atoms with van der Waals surface area (Å²) >= 11 is 0. The van der Waals surface area contributed by atoms with Gasteiger partial charge in [-0.05, 0) is 93.5 Å². The van der Waals surface area contributed by atoms with E-state index in [0.29, 0.717) is 25.9 Å². The van der Waals surface area contributed by atoms with E-state index in [0.717, 1.165) is 19.3 Å². The number of Topliss-reactive ketones (excluding diaryl/α,β-unsaturated/α-hetero) is 3. The van der Waals surface area contributed by atoms with Crippen LogP contribution in [0.15, 0.2) is 0 Å². The van der Waals surface area contributed by atoms with Crippen LogP contribution in [-0.4, -0.2) is 114 Å². The third-order valence-corrected chi connectivity index (χ3v) is 10.5. The molecule has 0 bridgehead atoms. The summed E-state index contributed by atoms with van der Waals surface area (Å²) in [7, 11) is 0. The van der Waals surface area contributed by atoms with Crippen molar-refractivity contribution in [2.75, 3.05) is 39.5 Å². The molecule has 0 saturated carbocycles. The number of aliphatic carboxylic acids is 2. The fourth-order valence-corrected chi connectivity index (χ4v) is 6.36. The summed E-state index contributed by atoms with van der Waals surface area (Å²) in [5.74, 6) is -3.00. The highest BCUT2D eigenvalue weighted by molar-refractivity contribution is 5.91. The predicted octanol–water partition coefficient (Wildman–Crippen LogP) is 5.09. The van der Waals surface area contributed by atoms with Gasteiger partial charge in [-0.25, -0.2) is 4.79 Å². The molecule has 326 valence electrons. The number of unbranched alkanes of at least 4 members (excludes halogenated alkanes) is 1. The van der Waals surface area contributed by atoms with Crippen LogP contribution in [0.2, 0.25) is 0 Å². The molecule has 0 radical (unpaired) electrons. The average Bonchev–Trinajstić information content (AvgIpc) is 3.07. The summed E-state index contributed by atoms with van der Waals surface area (Å²) in [5.41, 5.74) is -4.64. The first kappa shape index (κ1) is 53.2. The zero-order valence-electron chi connectivity index (χ0n) is 37.2. The number of nitrogens with one attached hydrogen (secondary N) is 4. The molecule has 4 atom stereocenters. The Labute approximate surface area is 337 Å². The van der Waals surface area contributed by atoms with E-state index in [4.69, 9.17) is 9.47 Å². The van der Waals surface area contributed by atoms with Gasteiger partial charge in [0.2, 0.25) is 5.91 Å². The van der Waals surface area contributed by atoms with Gasteiger partial charge >= 0.3 is 11.9 Å². The van der Waals surface area contributed by atoms with Gasteiger partial charge in [-0.1, -0.05) is 54.9 Å². The molecule has 2 unspecified atom stereocenters. The van der Waals surface area contributed by atoms with E-state index in [1.165, 1.54) is 13.8 Å². The number of carbonyl (C=O) groups excluding carboxylic acids is 4. The zero-order valence-corrected chi connectivity index (χ0v) is 37.2. The van der Waals surface area contributed by atoms with E-state index >= 15 is 0 Å². The number of hydrogen-bond donors (Lipinski definition) is 6. The van der Waals surface area contributed by atoms with Gasteiger partial charge in [-0.15, -0.1) is 0 Å². The number of carboxylic acids is 2. The summed E-state index contributed by atoms with van der Waals surface area (Å²) in [6.45, 7) is 27.2. The second-order valence-corrected chi connectivity index (χ2v) is 18.9. The third kappa shape index (κ3) is 19.1. The highest BCUT2D eigenvalue weighted by Crippen LogP contribution is 2.34. The Morgan fingerprint density at radius 2 is 1.16 bits per heavy atom. The lowest BCUT2D eigenvalue weighted by Gasteiger charge is -2.32. The highest BCUT2D eigenvalue weighted by Gasteiger charge is 2.41. The topological polar surface area (TPSA) is 209 Å². The number of hydrogen-bond acceptors (Lipinski definition) is 11. The van der Waals surface area contributed by atoms with E-state index in [-0.39, 0.29) is 74.6 Å². The minimum atomic E-state index is -1.31. The fourth-order valence-electron chi connectivity index (χ4n) is 6.36. The van der Waals surface area contributed by atoms with Crippen LogP contribution in [0.5, 0.6) is 0 Å². The van der Waals surface area contributed by atoms with Crippen molar-refractivity contribution in [1.82, 2.24) is 21.3 Å². The van der Waals surface area contributed by atoms with Gasteiger partial charge in [0, 0.05) is 29.3 Å². The van der Waals surface area contributed by atoms with Gasteiger partial charge in [-0.2, -0.15) is 0 Å². The molecule has 14 nitrogen and oxygen atoms in total. The molecule has 0 heterocycles. The summed E-state index contributed by atoms with van der Waals surface area (Å²) < 4.78 is 11.3. The van der Waals surface area contributed by atoms with Crippen LogP contribution in [0.25, 0.3) is 0 Å². The molecule has 0 rings (SSSR count). The number of rotatable bonds is 30. The fraction of sp³-hybridized carbons (Fsp3) is 0.857. The monoisotopic (exact) mass is 799 g/mol. The molecular formula is C42H78N4O10. The van der Waals surface area contributed by atoms with Crippen LogP contribution in [0.4, 0.5) is 0 Å². The van der Waals surface area contributed by atoms with Crippen molar-refractivity contribution in [3.05, 3.63) is 0 Å². The van der Waals surface area contributed by atoms with E-state index in [2.05, 4.69) is 42.0 Å². The first-order valence-electron chi connectivity index (χ1n) is 20.3. The molecule has 0 aromatic rings. The highest BCUT2D eigenvalue weighted by atomic mass is 16.5. The Bertz CT molecular complexity index is 1300. The van der Waals surface area contributed by atoms with Crippen molar-refractivity contribution in [2.45, 2.75) is 177 Å². The third-order valence-electron chi connectivity index (χ3n) is 10.5. The maximum absolute atomic E-state index is 13.2. The van der Waals surface area contributed by atoms with Crippen molar-refractivity contribution >= 4 is 35.2 Å². The first-order chi connectivity index (χ1) is 25.5. The molecule has 0 spiro atoms. The lowest BCUT2D eigenvalue weighted by Crippen LogP contribution is -2.52. The molecule has 0 aromatic carbocycles. The van der Waals surface area contributed by atoms with E-state index in [1.807, 2.05) is 41.5 Å². The number of amides is 1. The molecular weight excluding hydrogens is 720 g/mol. The van der Waals surface area contributed by atoms with Crippen LogP contribution in [0, 0.1) is 16.2 Å². The smallest absolute Gasteiger partial charge is 0.326 e. The quantitative estimate of drug-likeness (QED) is 0.0524. The Hall–Kier alpha value is -2.78. The number of ketones is 3. The van der Waals surface area contributed by atoms with Gasteiger partial charge in [0.1, 0.15) is 12.6 Å². The zero-order chi connectivity index (χ0) is 43.8. The maximum Gasteiger partial charge on any atom is 0.326 e. The molecule has 0 aliphatic rings.